The average Bonchev–Trinajstić information content (AvgIpc) is 2.55. The fraction of sp³-hybridized carbons (Fsp3) is 0.238. The zero-order valence-corrected chi connectivity index (χ0v) is 15.6. The molecule has 0 aromatic heterocycles. The Morgan fingerprint density at radius 2 is 1.80 bits per heavy atom. The van der Waals surface area contributed by atoms with Gasteiger partial charge in [-0.3, -0.25) is 4.79 Å². The number of aryl methyl sites for hydroxylation is 1. The number of halogens is 1. The topological polar surface area (TPSA) is 52.9 Å². The molecule has 0 fully saturated rings. The van der Waals surface area contributed by atoms with Crippen LogP contribution in [0.15, 0.2) is 48.0 Å². The quantitative estimate of drug-likeness (QED) is 0.586. The zero-order chi connectivity index (χ0) is 18.6. The number of nitrogens with zero attached hydrogens (tertiary/aromatic N) is 1. The van der Waals surface area contributed by atoms with Crippen LogP contribution < -0.4 is 5.32 Å². The molecule has 1 N–H and O–H groups in total. The summed E-state index contributed by atoms with van der Waals surface area (Å²) in [4.78, 5) is 12.3. The van der Waals surface area contributed by atoms with Crippen molar-refractivity contribution in [3.8, 4) is 6.07 Å². The van der Waals surface area contributed by atoms with E-state index in [1.165, 1.54) is 5.56 Å². The van der Waals surface area contributed by atoms with E-state index in [0.717, 1.165) is 11.1 Å². The van der Waals surface area contributed by atoms with Crippen LogP contribution in [0.4, 0.5) is 5.69 Å². The molecule has 0 unspecified atom stereocenters. The van der Waals surface area contributed by atoms with Crippen molar-refractivity contribution in [2.24, 2.45) is 0 Å². The molecule has 0 radical (unpaired) electrons. The van der Waals surface area contributed by atoms with Crippen LogP contribution in [0.1, 0.15) is 37.5 Å². The normalized spacial score (nSPS) is 11.8. The Morgan fingerprint density at radius 3 is 2.32 bits per heavy atom. The molecule has 2 aromatic carbocycles. The van der Waals surface area contributed by atoms with Gasteiger partial charge >= 0.3 is 0 Å². The van der Waals surface area contributed by atoms with Crippen LogP contribution in [0, 0.1) is 18.3 Å². The Bertz CT molecular complexity index is 853. The van der Waals surface area contributed by atoms with E-state index in [0.29, 0.717) is 10.7 Å². The molecule has 0 atom stereocenters. The minimum absolute atomic E-state index is 0.0419. The first-order chi connectivity index (χ1) is 11.7. The summed E-state index contributed by atoms with van der Waals surface area (Å²) < 4.78 is 0. The van der Waals surface area contributed by atoms with Crippen molar-refractivity contribution >= 4 is 29.3 Å². The van der Waals surface area contributed by atoms with Crippen LogP contribution in [-0.4, -0.2) is 5.91 Å². The Labute approximate surface area is 153 Å². The van der Waals surface area contributed by atoms with E-state index in [1.807, 2.05) is 43.3 Å². The molecule has 0 saturated heterocycles. The van der Waals surface area contributed by atoms with Crippen molar-refractivity contribution in [2.45, 2.75) is 33.1 Å². The molecule has 0 heterocycles. The monoisotopic (exact) mass is 352 g/mol. The molecule has 0 bridgehead atoms. The Morgan fingerprint density at radius 1 is 1.16 bits per heavy atom. The lowest BCUT2D eigenvalue weighted by Crippen LogP contribution is -2.13. The third-order valence-electron chi connectivity index (χ3n) is 3.88. The Kier molecular flexibility index (Phi) is 5.66. The van der Waals surface area contributed by atoms with E-state index in [9.17, 15) is 10.1 Å². The average molecular weight is 353 g/mol. The maximum atomic E-state index is 12.3. The molecule has 0 aliphatic carbocycles. The molecule has 128 valence electrons. The summed E-state index contributed by atoms with van der Waals surface area (Å²) in [6.45, 7) is 8.30. The number of carbonyl (C=O) groups excluding carboxylic acids is 1. The number of anilines is 1. The van der Waals surface area contributed by atoms with Gasteiger partial charge in [0.05, 0.1) is 0 Å². The Hall–Kier alpha value is -2.57. The van der Waals surface area contributed by atoms with Gasteiger partial charge in [0.2, 0.25) is 0 Å². The van der Waals surface area contributed by atoms with Gasteiger partial charge < -0.3 is 5.32 Å². The lowest BCUT2D eigenvalue weighted by Gasteiger charge is -2.18. The molecular weight excluding hydrogens is 332 g/mol. The molecule has 0 aliphatic rings. The van der Waals surface area contributed by atoms with Gasteiger partial charge in [-0.1, -0.05) is 62.7 Å². The van der Waals surface area contributed by atoms with E-state index in [4.69, 9.17) is 11.6 Å². The number of nitrogens with one attached hydrogen (secondary N) is 1. The third-order valence-corrected chi connectivity index (χ3v) is 4.29. The molecule has 0 aliphatic heterocycles. The van der Waals surface area contributed by atoms with Crippen LogP contribution in [-0.2, 0) is 10.2 Å². The summed E-state index contributed by atoms with van der Waals surface area (Å²) >= 11 is 6.06. The van der Waals surface area contributed by atoms with Crippen molar-refractivity contribution in [2.75, 3.05) is 5.32 Å². The lowest BCUT2D eigenvalue weighted by molar-refractivity contribution is -0.112. The van der Waals surface area contributed by atoms with Crippen LogP contribution in [0.5, 0.6) is 0 Å². The number of hydrogen-bond donors (Lipinski definition) is 1. The Balaban J connectivity index is 2.20. The number of benzene rings is 2. The van der Waals surface area contributed by atoms with Crippen molar-refractivity contribution in [1.29, 1.82) is 5.26 Å². The second-order valence-corrected chi connectivity index (χ2v) is 7.37. The molecule has 3 nitrogen and oxygen atoms in total. The van der Waals surface area contributed by atoms with E-state index in [1.54, 1.807) is 18.2 Å². The van der Waals surface area contributed by atoms with Crippen molar-refractivity contribution in [3.05, 3.63) is 69.8 Å². The van der Waals surface area contributed by atoms with Gasteiger partial charge in [0.15, 0.2) is 0 Å². The van der Waals surface area contributed by atoms with Gasteiger partial charge in [-0.05, 0) is 47.2 Å². The number of rotatable bonds is 3. The predicted octanol–water partition coefficient (Wildman–Crippen LogP) is 5.49. The summed E-state index contributed by atoms with van der Waals surface area (Å²) in [7, 11) is 0. The van der Waals surface area contributed by atoms with Crippen LogP contribution in [0.2, 0.25) is 5.02 Å². The fourth-order valence-electron chi connectivity index (χ4n) is 2.26. The van der Waals surface area contributed by atoms with Crippen LogP contribution in [0.25, 0.3) is 6.08 Å². The highest BCUT2D eigenvalue weighted by Gasteiger charge is 2.13. The first-order valence-corrected chi connectivity index (χ1v) is 8.38. The maximum Gasteiger partial charge on any atom is 0.266 e. The minimum Gasteiger partial charge on any atom is -0.321 e. The minimum atomic E-state index is -0.456. The molecule has 2 rings (SSSR count). The van der Waals surface area contributed by atoms with Crippen molar-refractivity contribution in [1.82, 2.24) is 0 Å². The third kappa shape index (κ3) is 4.95. The van der Waals surface area contributed by atoms with E-state index < -0.39 is 5.91 Å². The first-order valence-electron chi connectivity index (χ1n) is 8.00. The second-order valence-electron chi connectivity index (χ2n) is 6.96. The molecule has 2 aromatic rings. The summed E-state index contributed by atoms with van der Waals surface area (Å²) in [6.07, 6.45) is 1.58. The van der Waals surface area contributed by atoms with Gasteiger partial charge in [-0.15, -0.1) is 0 Å². The van der Waals surface area contributed by atoms with Crippen LogP contribution in [0.3, 0.4) is 0 Å². The largest absolute Gasteiger partial charge is 0.321 e. The van der Waals surface area contributed by atoms with Gasteiger partial charge in [0.1, 0.15) is 11.6 Å². The van der Waals surface area contributed by atoms with E-state index in [2.05, 4.69) is 26.1 Å². The van der Waals surface area contributed by atoms with Crippen molar-refractivity contribution < 1.29 is 4.79 Å². The molecule has 25 heavy (non-hydrogen) atoms. The second kappa shape index (κ2) is 7.55. The summed E-state index contributed by atoms with van der Waals surface area (Å²) in [5.41, 5.74) is 3.59. The SMILES string of the molecule is Cc1ccc(NC(=O)/C(C#N)=C/c2ccc(C(C)(C)C)cc2)cc1Cl. The highest BCUT2D eigenvalue weighted by atomic mass is 35.5. The highest BCUT2D eigenvalue weighted by Crippen LogP contribution is 2.23. The van der Waals surface area contributed by atoms with Gasteiger partial charge in [0.25, 0.3) is 5.91 Å². The number of amides is 1. The van der Waals surface area contributed by atoms with Crippen LogP contribution >= 0.6 is 11.6 Å². The molecule has 1 amide bonds. The summed E-state index contributed by atoms with van der Waals surface area (Å²) in [6, 6.07) is 15.0. The lowest BCUT2D eigenvalue weighted by atomic mass is 9.86. The standard InChI is InChI=1S/C21H21ClN2O/c1-14-5-10-18(12-19(14)22)24-20(25)16(13-23)11-15-6-8-17(9-7-15)21(2,3)4/h5-12H,1-4H3,(H,24,25)/b16-11+. The number of carbonyl (C=O) groups is 1. The molecule has 0 spiro atoms. The van der Waals surface area contributed by atoms with Gasteiger partial charge in [0, 0.05) is 10.7 Å². The first kappa shape index (κ1) is 18.8. The zero-order valence-electron chi connectivity index (χ0n) is 14.9. The smallest absolute Gasteiger partial charge is 0.266 e. The number of hydrogen-bond acceptors (Lipinski definition) is 2. The van der Waals surface area contributed by atoms with Crippen molar-refractivity contribution in [3.63, 3.8) is 0 Å². The van der Waals surface area contributed by atoms with E-state index in [-0.39, 0.29) is 11.0 Å². The summed E-state index contributed by atoms with van der Waals surface area (Å²) in [5, 5.41) is 12.6. The summed E-state index contributed by atoms with van der Waals surface area (Å²) in [5.74, 6) is -0.456. The fourth-order valence-corrected chi connectivity index (χ4v) is 2.44. The molecular formula is C21H21ClN2O. The highest BCUT2D eigenvalue weighted by molar-refractivity contribution is 6.31. The molecule has 4 heteroatoms. The van der Waals surface area contributed by atoms with E-state index >= 15 is 0 Å². The molecule has 0 saturated carbocycles. The predicted molar refractivity (Wildman–Crippen MR) is 104 cm³/mol. The maximum absolute atomic E-state index is 12.3. The van der Waals surface area contributed by atoms with Gasteiger partial charge in [-0.25, -0.2) is 0 Å². The number of nitriles is 1. The van der Waals surface area contributed by atoms with Gasteiger partial charge in [-0.2, -0.15) is 5.26 Å².